The van der Waals surface area contributed by atoms with Gasteiger partial charge in [0.1, 0.15) is 18.6 Å². The van der Waals surface area contributed by atoms with Crippen LogP contribution in [0.4, 0.5) is 0 Å². The Balaban J connectivity index is 2.68. The van der Waals surface area contributed by atoms with Gasteiger partial charge in [-0.25, -0.2) is 0 Å². The first-order valence-corrected chi connectivity index (χ1v) is 4.57. The molecule has 15 heavy (non-hydrogen) atoms. The molecule has 4 nitrogen and oxygen atoms in total. The lowest BCUT2D eigenvalue weighted by Crippen LogP contribution is -2.02. The molecule has 0 aliphatic rings. The zero-order valence-electron chi connectivity index (χ0n) is 8.98. The Morgan fingerprint density at radius 3 is 2.47 bits per heavy atom. The third-order valence-corrected chi connectivity index (χ3v) is 2.36. The van der Waals surface area contributed by atoms with Crippen molar-refractivity contribution in [1.29, 1.82) is 0 Å². The fourth-order valence-corrected chi connectivity index (χ4v) is 1.59. The van der Waals surface area contributed by atoms with Crippen LogP contribution < -0.4 is 14.3 Å². The predicted molar refractivity (Wildman–Crippen MR) is 57.5 cm³/mol. The highest BCUT2D eigenvalue weighted by Gasteiger charge is 2.09. The molecular formula is C11H13NO3. The van der Waals surface area contributed by atoms with Gasteiger partial charge in [0.25, 0.3) is 0 Å². The first-order valence-electron chi connectivity index (χ1n) is 4.57. The summed E-state index contributed by atoms with van der Waals surface area (Å²) in [5, 5.41) is 0.971. The standard InChI is InChI=1S/C11H13NO3/c1-13-8-4-5-10-9(6-8)11(14-2)7-12(10)15-3/h4-7H,1-3H3. The summed E-state index contributed by atoms with van der Waals surface area (Å²) in [6.45, 7) is 0. The Bertz CT molecular complexity index is 476. The van der Waals surface area contributed by atoms with Gasteiger partial charge < -0.3 is 14.3 Å². The van der Waals surface area contributed by atoms with Gasteiger partial charge in [-0.05, 0) is 18.2 Å². The van der Waals surface area contributed by atoms with E-state index in [1.54, 1.807) is 32.3 Å². The molecule has 0 unspecified atom stereocenters. The molecule has 0 atom stereocenters. The molecule has 0 radical (unpaired) electrons. The second-order valence-corrected chi connectivity index (χ2v) is 3.09. The monoisotopic (exact) mass is 207 g/mol. The summed E-state index contributed by atoms with van der Waals surface area (Å²) in [6, 6.07) is 5.74. The van der Waals surface area contributed by atoms with Gasteiger partial charge in [0.05, 0.1) is 25.9 Å². The van der Waals surface area contributed by atoms with Crippen LogP contribution in [0.2, 0.25) is 0 Å². The molecule has 0 saturated carbocycles. The van der Waals surface area contributed by atoms with Crippen LogP contribution in [0.15, 0.2) is 24.4 Å². The van der Waals surface area contributed by atoms with E-state index in [-0.39, 0.29) is 0 Å². The number of rotatable bonds is 3. The zero-order valence-corrected chi connectivity index (χ0v) is 8.98. The lowest BCUT2D eigenvalue weighted by Gasteiger charge is -2.02. The average molecular weight is 207 g/mol. The molecule has 0 bridgehead atoms. The molecule has 4 heteroatoms. The Kier molecular flexibility index (Phi) is 2.41. The zero-order chi connectivity index (χ0) is 10.8. The number of nitrogens with zero attached hydrogens (tertiary/aromatic N) is 1. The van der Waals surface area contributed by atoms with Gasteiger partial charge in [0, 0.05) is 5.39 Å². The van der Waals surface area contributed by atoms with Gasteiger partial charge in [-0.2, -0.15) is 4.73 Å². The lowest BCUT2D eigenvalue weighted by molar-refractivity contribution is 0.177. The minimum Gasteiger partial charge on any atom is -0.497 e. The molecule has 0 aliphatic heterocycles. The van der Waals surface area contributed by atoms with Crippen molar-refractivity contribution in [2.75, 3.05) is 21.3 Å². The van der Waals surface area contributed by atoms with Crippen LogP contribution in [-0.4, -0.2) is 26.1 Å². The summed E-state index contributed by atoms with van der Waals surface area (Å²) >= 11 is 0. The van der Waals surface area contributed by atoms with Crippen LogP contribution in [0.1, 0.15) is 0 Å². The van der Waals surface area contributed by atoms with E-state index < -0.39 is 0 Å². The first-order chi connectivity index (χ1) is 7.30. The summed E-state index contributed by atoms with van der Waals surface area (Å²) in [4.78, 5) is 5.18. The molecule has 1 aromatic heterocycles. The van der Waals surface area contributed by atoms with Crippen LogP contribution in [0.25, 0.3) is 10.9 Å². The first kappa shape index (κ1) is 9.71. The van der Waals surface area contributed by atoms with Gasteiger partial charge in [0.15, 0.2) is 0 Å². The van der Waals surface area contributed by atoms with E-state index in [0.29, 0.717) is 0 Å². The second kappa shape index (κ2) is 3.73. The van der Waals surface area contributed by atoms with Crippen molar-refractivity contribution in [1.82, 2.24) is 4.73 Å². The number of methoxy groups -OCH3 is 2. The van der Waals surface area contributed by atoms with Gasteiger partial charge in [-0.15, -0.1) is 0 Å². The Morgan fingerprint density at radius 2 is 1.87 bits per heavy atom. The Labute approximate surface area is 87.9 Å². The van der Waals surface area contributed by atoms with Gasteiger partial charge in [-0.3, -0.25) is 0 Å². The highest BCUT2D eigenvalue weighted by molar-refractivity contribution is 5.87. The second-order valence-electron chi connectivity index (χ2n) is 3.09. The van der Waals surface area contributed by atoms with Crippen molar-refractivity contribution >= 4 is 10.9 Å². The van der Waals surface area contributed by atoms with Crippen LogP contribution in [-0.2, 0) is 0 Å². The summed E-state index contributed by atoms with van der Waals surface area (Å²) in [6.07, 6.45) is 1.80. The van der Waals surface area contributed by atoms with Crippen LogP contribution in [0.3, 0.4) is 0 Å². The van der Waals surface area contributed by atoms with E-state index in [4.69, 9.17) is 14.3 Å². The highest BCUT2D eigenvalue weighted by Crippen LogP contribution is 2.30. The van der Waals surface area contributed by atoms with Crippen LogP contribution in [0.5, 0.6) is 11.5 Å². The maximum atomic E-state index is 5.25. The van der Waals surface area contributed by atoms with Crippen molar-refractivity contribution in [3.05, 3.63) is 24.4 Å². The summed E-state index contributed by atoms with van der Waals surface area (Å²) in [7, 11) is 4.89. The quantitative estimate of drug-likeness (QED) is 0.768. The summed E-state index contributed by atoms with van der Waals surface area (Å²) in [5.74, 6) is 1.57. The van der Waals surface area contributed by atoms with Crippen molar-refractivity contribution in [3.8, 4) is 11.5 Å². The number of ether oxygens (including phenoxy) is 2. The molecule has 1 heterocycles. The third kappa shape index (κ3) is 1.48. The maximum Gasteiger partial charge on any atom is 0.148 e. The molecule has 0 spiro atoms. The lowest BCUT2D eigenvalue weighted by atomic mass is 10.2. The SMILES string of the molecule is COc1ccc2c(c1)c(OC)cn2OC. The van der Waals surface area contributed by atoms with Crippen molar-refractivity contribution in [2.24, 2.45) is 0 Å². The topological polar surface area (TPSA) is 32.6 Å². The van der Waals surface area contributed by atoms with Crippen LogP contribution in [0, 0.1) is 0 Å². The maximum absolute atomic E-state index is 5.25. The molecule has 0 saturated heterocycles. The third-order valence-electron chi connectivity index (χ3n) is 2.36. The fraction of sp³-hybridized carbons (Fsp3) is 0.273. The van der Waals surface area contributed by atoms with Gasteiger partial charge in [0.2, 0.25) is 0 Å². The van der Waals surface area contributed by atoms with E-state index in [1.807, 2.05) is 18.2 Å². The summed E-state index contributed by atoms with van der Waals surface area (Å²) < 4.78 is 12.1. The number of benzene rings is 1. The van der Waals surface area contributed by atoms with E-state index in [0.717, 1.165) is 22.4 Å². The fourth-order valence-electron chi connectivity index (χ4n) is 1.59. The molecule has 0 fully saturated rings. The number of fused-ring (bicyclic) bond motifs is 1. The minimum atomic E-state index is 0.769. The van der Waals surface area contributed by atoms with Gasteiger partial charge >= 0.3 is 0 Å². The average Bonchev–Trinajstić information content (AvgIpc) is 2.65. The molecule has 2 rings (SSSR count). The van der Waals surface area contributed by atoms with E-state index in [9.17, 15) is 0 Å². The van der Waals surface area contributed by atoms with Crippen molar-refractivity contribution < 1.29 is 14.3 Å². The summed E-state index contributed by atoms with van der Waals surface area (Å²) in [5.41, 5.74) is 0.954. The Morgan fingerprint density at radius 1 is 1.07 bits per heavy atom. The number of hydrogen-bond donors (Lipinski definition) is 0. The van der Waals surface area contributed by atoms with Crippen molar-refractivity contribution in [2.45, 2.75) is 0 Å². The van der Waals surface area contributed by atoms with Gasteiger partial charge in [-0.1, -0.05) is 0 Å². The van der Waals surface area contributed by atoms with E-state index >= 15 is 0 Å². The van der Waals surface area contributed by atoms with E-state index in [2.05, 4.69) is 0 Å². The number of hydrogen-bond acceptors (Lipinski definition) is 3. The molecule has 0 N–H and O–H groups in total. The molecular weight excluding hydrogens is 194 g/mol. The van der Waals surface area contributed by atoms with Crippen LogP contribution >= 0.6 is 0 Å². The largest absolute Gasteiger partial charge is 0.497 e. The van der Waals surface area contributed by atoms with E-state index in [1.165, 1.54) is 0 Å². The van der Waals surface area contributed by atoms with Crippen molar-refractivity contribution in [3.63, 3.8) is 0 Å². The molecule has 0 amide bonds. The predicted octanol–water partition coefficient (Wildman–Crippen LogP) is 1.72. The normalized spacial score (nSPS) is 10.3. The molecule has 2 aromatic rings. The highest BCUT2D eigenvalue weighted by atomic mass is 16.6. The molecule has 0 aliphatic carbocycles. The molecule has 80 valence electrons. The Hall–Kier alpha value is -1.84. The minimum absolute atomic E-state index is 0.769. The smallest absolute Gasteiger partial charge is 0.148 e. The molecule has 1 aromatic carbocycles. The number of aromatic nitrogens is 1.